The van der Waals surface area contributed by atoms with Gasteiger partial charge in [0.05, 0.1) is 5.41 Å². The quantitative estimate of drug-likeness (QED) is 0.185. The molecule has 0 unspecified atom stereocenters. The molecule has 0 amide bonds. The summed E-state index contributed by atoms with van der Waals surface area (Å²) in [6, 6.07) is 59.6. The molecule has 45 heavy (non-hydrogen) atoms. The van der Waals surface area contributed by atoms with Crippen molar-refractivity contribution in [2.45, 2.75) is 5.41 Å². The van der Waals surface area contributed by atoms with Gasteiger partial charge in [0.25, 0.3) is 0 Å². The zero-order valence-electron chi connectivity index (χ0n) is 24.5. The Morgan fingerprint density at radius 2 is 0.733 bits per heavy atom. The molecule has 0 atom stereocenters. The Bertz CT molecular complexity index is 2540. The second kappa shape index (κ2) is 8.25. The summed E-state index contributed by atoms with van der Waals surface area (Å²) >= 11 is 0. The van der Waals surface area contributed by atoms with E-state index in [0.29, 0.717) is 0 Å². The van der Waals surface area contributed by atoms with Crippen LogP contribution in [0.2, 0.25) is 0 Å². The highest BCUT2D eigenvalue weighted by Gasteiger charge is 2.50. The van der Waals surface area contributed by atoms with E-state index in [-0.39, 0.29) is 0 Å². The van der Waals surface area contributed by atoms with Gasteiger partial charge in [0, 0.05) is 0 Å². The van der Waals surface area contributed by atoms with Gasteiger partial charge in [-0.05, 0) is 112 Å². The Labute approximate surface area is 261 Å². The lowest BCUT2D eigenvalue weighted by Crippen LogP contribution is -2.31. The maximum absolute atomic E-state index is 2.51. The summed E-state index contributed by atoms with van der Waals surface area (Å²) in [5.41, 5.74) is 18.3. The minimum atomic E-state index is -0.398. The molecule has 0 N–H and O–H groups in total. The van der Waals surface area contributed by atoms with Crippen LogP contribution >= 0.6 is 0 Å². The van der Waals surface area contributed by atoms with Crippen molar-refractivity contribution in [1.82, 2.24) is 0 Å². The second-order valence-electron chi connectivity index (χ2n) is 12.8. The fraction of sp³-hybridized carbons (Fsp3) is 0.0222. The number of hydrogen-bond acceptors (Lipinski definition) is 0. The van der Waals surface area contributed by atoms with Gasteiger partial charge in [-0.2, -0.15) is 0 Å². The molecule has 0 fully saturated rings. The number of hydrogen-bond donors (Lipinski definition) is 0. The van der Waals surface area contributed by atoms with E-state index in [1.54, 1.807) is 0 Å². The molecule has 0 nitrogen and oxygen atoms in total. The Balaban J connectivity index is 1.23. The molecular weight excluding hydrogens is 540 g/mol. The van der Waals surface area contributed by atoms with Crippen LogP contribution < -0.4 is 0 Å². The smallest absolute Gasteiger partial charge is 0.0619 e. The van der Waals surface area contributed by atoms with E-state index in [1.165, 1.54) is 99.4 Å². The summed E-state index contributed by atoms with van der Waals surface area (Å²) < 4.78 is 0. The largest absolute Gasteiger partial charge is 0.0725 e. The monoisotopic (exact) mass is 566 g/mol. The summed E-state index contributed by atoms with van der Waals surface area (Å²) in [5, 5.41) is 5.36. The molecule has 3 aliphatic carbocycles. The van der Waals surface area contributed by atoms with Crippen LogP contribution in [-0.2, 0) is 5.41 Å². The Hall–Kier alpha value is -5.72. The van der Waals surface area contributed by atoms with Gasteiger partial charge in [-0.25, -0.2) is 0 Å². The van der Waals surface area contributed by atoms with Crippen LogP contribution in [0.5, 0.6) is 0 Å². The fourth-order valence-electron chi connectivity index (χ4n) is 9.08. The van der Waals surface area contributed by atoms with Gasteiger partial charge in [0.15, 0.2) is 0 Å². The lowest BCUT2D eigenvalue weighted by atomic mass is 9.61. The van der Waals surface area contributed by atoms with Crippen molar-refractivity contribution in [3.8, 4) is 55.6 Å². The highest BCUT2D eigenvalue weighted by Crippen LogP contribution is 2.62. The molecule has 3 aliphatic rings. The SMILES string of the molecule is c1ccc2c(c1)-c1ccccc1C21c2cc(-c3ccc4c(c3)-c3cccc5cccc-4c35)ccc2-c2cccc3cccc1c23. The molecule has 0 aliphatic heterocycles. The van der Waals surface area contributed by atoms with Crippen molar-refractivity contribution in [1.29, 1.82) is 0 Å². The van der Waals surface area contributed by atoms with Crippen molar-refractivity contribution >= 4 is 21.5 Å². The van der Waals surface area contributed by atoms with E-state index in [9.17, 15) is 0 Å². The molecule has 0 aromatic heterocycles. The van der Waals surface area contributed by atoms with Crippen molar-refractivity contribution in [3.63, 3.8) is 0 Å². The summed E-state index contributed by atoms with van der Waals surface area (Å²) in [5.74, 6) is 0. The third-order valence-corrected chi connectivity index (χ3v) is 10.8. The number of fused-ring (bicyclic) bond motifs is 12. The van der Waals surface area contributed by atoms with Gasteiger partial charge in [-0.3, -0.25) is 0 Å². The summed E-state index contributed by atoms with van der Waals surface area (Å²) in [6.45, 7) is 0. The molecule has 0 radical (unpaired) electrons. The minimum Gasteiger partial charge on any atom is -0.0619 e. The summed E-state index contributed by atoms with van der Waals surface area (Å²) in [7, 11) is 0. The standard InChI is InChI=1S/C45H26/c1-3-18-39-32(13-1)33-14-2-4-19-40(33)45(39)41-20-8-12-28-11-7-16-36(44(28)41)34-24-22-30(26-42(34)45)29-21-23-31-35-15-5-9-27-10-6-17-37(43(27)35)38(31)25-29/h1-26H. The van der Waals surface area contributed by atoms with E-state index in [2.05, 4.69) is 158 Å². The van der Waals surface area contributed by atoms with Crippen molar-refractivity contribution in [2.24, 2.45) is 0 Å². The van der Waals surface area contributed by atoms with Gasteiger partial charge in [0.2, 0.25) is 0 Å². The number of rotatable bonds is 1. The third-order valence-electron chi connectivity index (χ3n) is 10.8. The average Bonchev–Trinajstić information content (AvgIpc) is 3.59. The van der Waals surface area contributed by atoms with Gasteiger partial charge >= 0.3 is 0 Å². The van der Waals surface area contributed by atoms with Crippen LogP contribution in [0, 0.1) is 0 Å². The van der Waals surface area contributed by atoms with Crippen LogP contribution in [0.1, 0.15) is 22.3 Å². The van der Waals surface area contributed by atoms with Crippen molar-refractivity contribution < 1.29 is 0 Å². The molecule has 8 aromatic carbocycles. The zero-order valence-corrected chi connectivity index (χ0v) is 24.5. The Morgan fingerprint density at radius 1 is 0.267 bits per heavy atom. The van der Waals surface area contributed by atoms with E-state index in [1.807, 2.05) is 0 Å². The molecule has 0 bridgehead atoms. The van der Waals surface area contributed by atoms with Crippen molar-refractivity contribution in [2.75, 3.05) is 0 Å². The molecular formula is C45H26. The number of benzene rings is 8. The van der Waals surface area contributed by atoms with Gasteiger partial charge in [-0.15, -0.1) is 0 Å². The molecule has 206 valence electrons. The topological polar surface area (TPSA) is 0 Å². The van der Waals surface area contributed by atoms with E-state index in [4.69, 9.17) is 0 Å². The first-order valence-electron chi connectivity index (χ1n) is 15.9. The fourth-order valence-corrected chi connectivity index (χ4v) is 9.08. The highest BCUT2D eigenvalue weighted by atomic mass is 14.5. The first kappa shape index (κ1) is 23.7. The first-order chi connectivity index (χ1) is 22.3. The average molecular weight is 567 g/mol. The maximum Gasteiger partial charge on any atom is 0.0725 e. The van der Waals surface area contributed by atoms with Crippen LogP contribution in [-0.4, -0.2) is 0 Å². The molecule has 0 saturated carbocycles. The Kier molecular flexibility index (Phi) is 4.35. The van der Waals surface area contributed by atoms with Crippen LogP contribution in [0.3, 0.4) is 0 Å². The molecule has 1 spiro atoms. The van der Waals surface area contributed by atoms with Crippen molar-refractivity contribution in [3.05, 3.63) is 180 Å². The summed E-state index contributed by atoms with van der Waals surface area (Å²) in [6.07, 6.45) is 0. The first-order valence-corrected chi connectivity index (χ1v) is 15.9. The molecule has 0 saturated heterocycles. The highest BCUT2D eigenvalue weighted by molar-refractivity contribution is 6.16. The van der Waals surface area contributed by atoms with Gasteiger partial charge in [-0.1, -0.05) is 146 Å². The second-order valence-corrected chi connectivity index (χ2v) is 12.8. The van der Waals surface area contributed by atoms with E-state index in [0.717, 1.165) is 0 Å². The van der Waals surface area contributed by atoms with Crippen LogP contribution in [0.25, 0.3) is 77.2 Å². The third kappa shape index (κ3) is 2.79. The molecule has 8 aromatic rings. The zero-order chi connectivity index (χ0) is 29.3. The maximum atomic E-state index is 2.51. The molecule has 11 rings (SSSR count). The predicted octanol–water partition coefficient (Wildman–Crippen LogP) is 11.7. The molecule has 0 heterocycles. The van der Waals surface area contributed by atoms with Gasteiger partial charge < -0.3 is 0 Å². The van der Waals surface area contributed by atoms with Crippen LogP contribution in [0.15, 0.2) is 158 Å². The predicted molar refractivity (Wildman–Crippen MR) is 188 cm³/mol. The normalized spacial score (nSPS) is 14.0. The minimum absolute atomic E-state index is 0.398. The lowest BCUT2D eigenvalue weighted by Gasteiger charge is -2.40. The Morgan fingerprint density at radius 3 is 1.42 bits per heavy atom. The van der Waals surface area contributed by atoms with E-state index < -0.39 is 5.41 Å². The van der Waals surface area contributed by atoms with Gasteiger partial charge in [0.1, 0.15) is 0 Å². The van der Waals surface area contributed by atoms with E-state index >= 15 is 0 Å². The summed E-state index contributed by atoms with van der Waals surface area (Å²) in [4.78, 5) is 0. The molecule has 0 heteroatoms. The lowest BCUT2D eigenvalue weighted by molar-refractivity contribution is 0.774. The van der Waals surface area contributed by atoms with Crippen LogP contribution in [0.4, 0.5) is 0 Å².